The van der Waals surface area contributed by atoms with Gasteiger partial charge < -0.3 is 9.84 Å². The Labute approximate surface area is 143 Å². The van der Waals surface area contributed by atoms with Crippen LogP contribution in [0.5, 0.6) is 0 Å². The van der Waals surface area contributed by atoms with Gasteiger partial charge in [0.05, 0.1) is 18.2 Å². The molecule has 0 amide bonds. The summed E-state index contributed by atoms with van der Waals surface area (Å²) < 4.78 is 81.9. The standard InChI is InChI=1S/C17H12F6O3/c1-26-14(24)15(25,10-4-2-6-12(8-10)16(18,19)20)11-5-3-7-13(9-11)17(21,22)23/h2-9,25H,1H3. The van der Waals surface area contributed by atoms with Crippen LogP contribution in [0.15, 0.2) is 48.5 Å². The second kappa shape index (κ2) is 6.64. The molecular weight excluding hydrogens is 366 g/mol. The Bertz CT molecular complexity index is 753. The van der Waals surface area contributed by atoms with E-state index in [2.05, 4.69) is 4.74 Å². The van der Waals surface area contributed by atoms with Gasteiger partial charge in [-0.15, -0.1) is 0 Å². The molecule has 26 heavy (non-hydrogen) atoms. The summed E-state index contributed by atoms with van der Waals surface area (Å²) in [5, 5.41) is 10.8. The van der Waals surface area contributed by atoms with E-state index in [4.69, 9.17) is 0 Å². The molecule has 3 nitrogen and oxygen atoms in total. The number of ether oxygens (including phenoxy) is 1. The van der Waals surface area contributed by atoms with Crippen LogP contribution >= 0.6 is 0 Å². The Morgan fingerprint density at radius 2 is 1.15 bits per heavy atom. The first-order valence-electron chi connectivity index (χ1n) is 7.07. The summed E-state index contributed by atoms with van der Waals surface area (Å²) in [5.74, 6) is -1.42. The molecule has 0 radical (unpaired) electrons. The number of hydrogen-bond acceptors (Lipinski definition) is 3. The van der Waals surface area contributed by atoms with Crippen LogP contribution in [0.4, 0.5) is 26.3 Å². The summed E-state index contributed by atoms with van der Waals surface area (Å²) in [6, 6.07) is 6.22. The summed E-state index contributed by atoms with van der Waals surface area (Å²) in [7, 11) is 0.856. The largest absolute Gasteiger partial charge is 0.466 e. The number of hydrogen-bond donors (Lipinski definition) is 1. The van der Waals surface area contributed by atoms with Crippen LogP contribution in [0.1, 0.15) is 22.3 Å². The Kier molecular flexibility index (Phi) is 5.05. The third kappa shape index (κ3) is 3.67. The molecule has 0 fully saturated rings. The van der Waals surface area contributed by atoms with Crippen LogP contribution in [-0.4, -0.2) is 18.2 Å². The molecule has 9 heteroatoms. The normalized spacial score (nSPS) is 12.8. The molecule has 1 N–H and O–H groups in total. The van der Waals surface area contributed by atoms with Gasteiger partial charge in [-0.2, -0.15) is 26.3 Å². The van der Waals surface area contributed by atoms with Gasteiger partial charge >= 0.3 is 18.3 Å². The van der Waals surface area contributed by atoms with Crippen LogP contribution in [0, 0.1) is 0 Å². The van der Waals surface area contributed by atoms with Crippen molar-refractivity contribution < 1.29 is 41.0 Å². The molecule has 0 aliphatic carbocycles. The third-order valence-corrected chi connectivity index (χ3v) is 3.70. The number of benzene rings is 2. The minimum atomic E-state index is -4.78. The molecule has 0 saturated carbocycles. The number of rotatable bonds is 3. The first-order chi connectivity index (χ1) is 11.9. The van der Waals surface area contributed by atoms with E-state index in [1.165, 1.54) is 0 Å². The van der Waals surface area contributed by atoms with Crippen molar-refractivity contribution in [2.75, 3.05) is 7.11 Å². The van der Waals surface area contributed by atoms with Gasteiger partial charge in [0.15, 0.2) is 0 Å². The zero-order valence-corrected chi connectivity index (χ0v) is 13.2. The molecule has 140 valence electrons. The van der Waals surface area contributed by atoms with Crippen LogP contribution in [-0.2, 0) is 27.5 Å². The van der Waals surface area contributed by atoms with Crippen molar-refractivity contribution in [2.45, 2.75) is 18.0 Å². The van der Waals surface area contributed by atoms with E-state index in [1.807, 2.05) is 0 Å². The maximum Gasteiger partial charge on any atom is 0.416 e. The fourth-order valence-corrected chi connectivity index (χ4v) is 2.39. The van der Waals surface area contributed by atoms with Crippen LogP contribution in [0.2, 0.25) is 0 Å². The number of alkyl halides is 6. The first-order valence-corrected chi connectivity index (χ1v) is 7.07. The predicted molar refractivity (Wildman–Crippen MR) is 77.9 cm³/mol. The summed E-state index contributed by atoms with van der Waals surface area (Å²) in [6.07, 6.45) is -9.55. The highest BCUT2D eigenvalue weighted by Crippen LogP contribution is 2.38. The van der Waals surface area contributed by atoms with Crippen LogP contribution in [0.25, 0.3) is 0 Å². The Morgan fingerprint density at radius 3 is 1.46 bits per heavy atom. The molecule has 2 rings (SSSR count). The molecule has 0 spiro atoms. The Hall–Kier alpha value is -2.55. The number of aliphatic hydroxyl groups is 1. The van der Waals surface area contributed by atoms with Crippen LogP contribution < -0.4 is 0 Å². The van der Waals surface area contributed by atoms with Gasteiger partial charge in [0.2, 0.25) is 5.60 Å². The molecule has 0 saturated heterocycles. The summed E-state index contributed by atoms with van der Waals surface area (Å²) in [4.78, 5) is 12.1. The molecule has 2 aromatic rings. The molecule has 0 bridgehead atoms. The zero-order chi connectivity index (χ0) is 19.8. The van der Waals surface area contributed by atoms with E-state index >= 15 is 0 Å². The van der Waals surface area contributed by atoms with Gasteiger partial charge in [-0.3, -0.25) is 0 Å². The van der Waals surface area contributed by atoms with E-state index in [9.17, 15) is 36.2 Å². The van der Waals surface area contributed by atoms with Gasteiger partial charge in [0, 0.05) is 11.1 Å². The fourth-order valence-electron chi connectivity index (χ4n) is 2.39. The van der Waals surface area contributed by atoms with E-state index in [0.29, 0.717) is 24.3 Å². The molecule has 2 aromatic carbocycles. The summed E-state index contributed by atoms with van der Waals surface area (Å²) in [6.45, 7) is 0. The number of carbonyl (C=O) groups excluding carboxylic acids is 1. The molecule has 0 aliphatic rings. The maximum atomic E-state index is 12.9. The van der Waals surface area contributed by atoms with E-state index in [0.717, 1.165) is 31.4 Å². The van der Waals surface area contributed by atoms with Crippen molar-refractivity contribution in [1.29, 1.82) is 0 Å². The molecular formula is C17H12F6O3. The van der Waals surface area contributed by atoms with E-state index < -0.39 is 46.2 Å². The lowest BCUT2D eigenvalue weighted by atomic mass is 9.84. The van der Waals surface area contributed by atoms with Crippen molar-refractivity contribution in [3.8, 4) is 0 Å². The number of esters is 1. The molecule has 0 aromatic heterocycles. The molecule has 0 heterocycles. The highest BCUT2D eigenvalue weighted by molar-refractivity contribution is 5.85. The van der Waals surface area contributed by atoms with Gasteiger partial charge in [-0.1, -0.05) is 24.3 Å². The monoisotopic (exact) mass is 378 g/mol. The first kappa shape index (κ1) is 19.8. The lowest BCUT2D eigenvalue weighted by Crippen LogP contribution is -2.38. The van der Waals surface area contributed by atoms with Gasteiger partial charge in [0.25, 0.3) is 0 Å². The third-order valence-electron chi connectivity index (χ3n) is 3.70. The highest BCUT2D eigenvalue weighted by Gasteiger charge is 2.44. The van der Waals surface area contributed by atoms with Crippen molar-refractivity contribution in [2.24, 2.45) is 0 Å². The van der Waals surface area contributed by atoms with E-state index in [1.54, 1.807) is 0 Å². The van der Waals surface area contributed by atoms with Crippen molar-refractivity contribution in [3.63, 3.8) is 0 Å². The van der Waals surface area contributed by atoms with E-state index in [-0.39, 0.29) is 0 Å². The zero-order valence-electron chi connectivity index (χ0n) is 13.2. The predicted octanol–water partition coefficient (Wildman–Crippen LogP) is 4.13. The lowest BCUT2D eigenvalue weighted by Gasteiger charge is -2.27. The average Bonchev–Trinajstić information content (AvgIpc) is 2.59. The summed E-state index contributed by atoms with van der Waals surface area (Å²) in [5.41, 5.74) is -6.34. The average molecular weight is 378 g/mol. The smallest absolute Gasteiger partial charge is 0.416 e. The Balaban J connectivity index is 2.70. The summed E-state index contributed by atoms with van der Waals surface area (Å²) >= 11 is 0. The highest BCUT2D eigenvalue weighted by atomic mass is 19.4. The van der Waals surface area contributed by atoms with Gasteiger partial charge in [-0.25, -0.2) is 4.79 Å². The van der Waals surface area contributed by atoms with Crippen molar-refractivity contribution in [1.82, 2.24) is 0 Å². The number of methoxy groups -OCH3 is 1. The molecule has 0 aliphatic heterocycles. The Morgan fingerprint density at radius 1 is 0.808 bits per heavy atom. The number of halogens is 6. The van der Waals surface area contributed by atoms with Crippen molar-refractivity contribution >= 4 is 5.97 Å². The van der Waals surface area contributed by atoms with Crippen molar-refractivity contribution in [3.05, 3.63) is 70.8 Å². The fraction of sp³-hybridized carbons (Fsp3) is 0.235. The number of carbonyl (C=O) groups is 1. The topological polar surface area (TPSA) is 46.5 Å². The second-order valence-electron chi connectivity index (χ2n) is 5.36. The maximum absolute atomic E-state index is 12.9. The molecule has 0 atom stereocenters. The van der Waals surface area contributed by atoms with Gasteiger partial charge in [-0.05, 0) is 24.3 Å². The van der Waals surface area contributed by atoms with Crippen LogP contribution in [0.3, 0.4) is 0 Å². The lowest BCUT2D eigenvalue weighted by molar-refractivity contribution is -0.159. The van der Waals surface area contributed by atoms with Gasteiger partial charge in [0.1, 0.15) is 0 Å². The minimum absolute atomic E-state index is 0.483. The molecule has 0 unspecified atom stereocenters. The minimum Gasteiger partial charge on any atom is -0.466 e. The SMILES string of the molecule is COC(=O)C(O)(c1cccc(C(F)(F)F)c1)c1cccc(C(F)(F)F)c1. The second-order valence-corrected chi connectivity index (χ2v) is 5.36. The quantitative estimate of drug-likeness (QED) is 0.645.